The van der Waals surface area contributed by atoms with E-state index in [0.29, 0.717) is 10.7 Å². The second kappa shape index (κ2) is 8.08. The summed E-state index contributed by atoms with van der Waals surface area (Å²) >= 11 is 6.22. The summed E-state index contributed by atoms with van der Waals surface area (Å²) in [6.45, 7) is 2.00. The SMILES string of the molecule is CO[C@@H](C(=O)N/N=C\c1cc2ccc(C)cc2nc1Cl)c1ccccc1. The number of hydrazone groups is 1. The summed E-state index contributed by atoms with van der Waals surface area (Å²) in [5.74, 6) is -0.365. The quantitative estimate of drug-likeness (QED) is 0.420. The predicted molar refractivity (Wildman–Crippen MR) is 103 cm³/mol. The van der Waals surface area contributed by atoms with Gasteiger partial charge in [-0.15, -0.1) is 0 Å². The lowest BCUT2D eigenvalue weighted by molar-refractivity contribution is -0.131. The largest absolute Gasteiger partial charge is 0.367 e. The molecule has 3 rings (SSSR count). The number of hydrogen-bond donors (Lipinski definition) is 1. The highest BCUT2D eigenvalue weighted by atomic mass is 35.5. The van der Waals surface area contributed by atoms with Crippen molar-refractivity contribution in [3.63, 3.8) is 0 Å². The van der Waals surface area contributed by atoms with E-state index in [1.807, 2.05) is 61.5 Å². The standard InChI is InChI=1S/C20H18ClN3O2/c1-13-8-9-15-11-16(19(21)23-17(15)10-13)12-22-24-20(25)18(26-2)14-6-4-3-5-7-14/h3-12,18H,1-2H3,(H,24,25)/b22-12-/t18-/m1/s1. The molecule has 0 saturated carbocycles. The van der Waals surface area contributed by atoms with Gasteiger partial charge in [0.25, 0.3) is 5.91 Å². The van der Waals surface area contributed by atoms with Gasteiger partial charge in [-0.05, 0) is 30.2 Å². The first kappa shape index (κ1) is 18.0. The Bertz CT molecular complexity index is 958. The van der Waals surface area contributed by atoms with Crippen LogP contribution in [0.15, 0.2) is 59.7 Å². The van der Waals surface area contributed by atoms with Crippen LogP contribution in [0.3, 0.4) is 0 Å². The van der Waals surface area contributed by atoms with Crippen LogP contribution in [0.25, 0.3) is 10.9 Å². The average Bonchev–Trinajstić information content (AvgIpc) is 2.64. The maximum absolute atomic E-state index is 12.3. The van der Waals surface area contributed by atoms with Crippen LogP contribution in [0.1, 0.15) is 22.8 Å². The lowest BCUT2D eigenvalue weighted by atomic mass is 10.1. The van der Waals surface area contributed by atoms with Crippen LogP contribution in [0.2, 0.25) is 5.15 Å². The molecule has 0 aliphatic carbocycles. The van der Waals surface area contributed by atoms with E-state index in [1.165, 1.54) is 13.3 Å². The number of hydrogen-bond acceptors (Lipinski definition) is 4. The van der Waals surface area contributed by atoms with E-state index < -0.39 is 6.10 Å². The summed E-state index contributed by atoms with van der Waals surface area (Å²) in [6, 6.07) is 17.0. The number of nitrogens with one attached hydrogen (secondary N) is 1. The lowest BCUT2D eigenvalue weighted by Gasteiger charge is -2.13. The Morgan fingerprint density at radius 2 is 2.00 bits per heavy atom. The lowest BCUT2D eigenvalue weighted by Crippen LogP contribution is -2.26. The van der Waals surface area contributed by atoms with Gasteiger partial charge in [0.15, 0.2) is 6.10 Å². The molecular weight excluding hydrogens is 350 g/mol. The van der Waals surface area contributed by atoms with Gasteiger partial charge in [0.05, 0.1) is 11.7 Å². The predicted octanol–water partition coefficient (Wildman–Crippen LogP) is 4.03. The maximum atomic E-state index is 12.3. The molecule has 1 amide bonds. The molecule has 0 fully saturated rings. The number of pyridine rings is 1. The number of methoxy groups -OCH3 is 1. The second-order valence-electron chi connectivity index (χ2n) is 5.83. The Balaban J connectivity index is 1.75. The summed E-state index contributed by atoms with van der Waals surface area (Å²) < 4.78 is 5.27. The molecule has 2 aromatic carbocycles. The minimum atomic E-state index is -0.735. The van der Waals surface area contributed by atoms with Crippen LogP contribution in [-0.2, 0) is 9.53 Å². The Kier molecular flexibility index (Phi) is 5.61. The highest BCUT2D eigenvalue weighted by Gasteiger charge is 2.19. The molecule has 1 N–H and O–H groups in total. The van der Waals surface area contributed by atoms with E-state index in [-0.39, 0.29) is 5.91 Å². The molecule has 132 valence electrons. The van der Waals surface area contributed by atoms with Gasteiger partial charge in [-0.3, -0.25) is 4.79 Å². The minimum Gasteiger partial charge on any atom is -0.367 e. The van der Waals surface area contributed by atoms with Crippen molar-refractivity contribution in [1.29, 1.82) is 0 Å². The van der Waals surface area contributed by atoms with Crippen molar-refractivity contribution in [1.82, 2.24) is 10.4 Å². The summed E-state index contributed by atoms with van der Waals surface area (Å²) in [6.07, 6.45) is 0.742. The first-order chi connectivity index (χ1) is 12.6. The number of ether oxygens (including phenoxy) is 1. The van der Waals surface area contributed by atoms with Crippen LogP contribution in [0.4, 0.5) is 0 Å². The van der Waals surface area contributed by atoms with Crippen molar-refractivity contribution in [3.05, 3.63) is 76.4 Å². The van der Waals surface area contributed by atoms with E-state index in [2.05, 4.69) is 15.5 Å². The topological polar surface area (TPSA) is 63.6 Å². The molecule has 1 atom stereocenters. The second-order valence-corrected chi connectivity index (χ2v) is 6.18. The van der Waals surface area contributed by atoms with Crippen LogP contribution < -0.4 is 5.43 Å². The van der Waals surface area contributed by atoms with Gasteiger partial charge in [0, 0.05) is 18.1 Å². The average molecular weight is 368 g/mol. The number of carbonyl (C=O) groups is 1. The first-order valence-corrected chi connectivity index (χ1v) is 8.44. The van der Waals surface area contributed by atoms with Crippen molar-refractivity contribution >= 4 is 34.6 Å². The molecule has 0 aliphatic rings. The third-order valence-electron chi connectivity index (χ3n) is 3.91. The highest BCUT2D eigenvalue weighted by molar-refractivity contribution is 6.32. The van der Waals surface area contributed by atoms with E-state index >= 15 is 0 Å². The number of nitrogens with zero attached hydrogens (tertiary/aromatic N) is 2. The van der Waals surface area contributed by atoms with Crippen LogP contribution in [0.5, 0.6) is 0 Å². The molecule has 3 aromatic rings. The molecule has 0 bridgehead atoms. The number of amides is 1. The molecule has 0 radical (unpaired) electrons. The number of carbonyl (C=O) groups excluding carboxylic acids is 1. The van der Waals surface area contributed by atoms with Crippen molar-refractivity contribution in [3.8, 4) is 0 Å². The molecule has 5 nitrogen and oxygen atoms in total. The molecule has 0 aliphatic heterocycles. The third kappa shape index (κ3) is 4.07. The van der Waals surface area contributed by atoms with Gasteiger partial charge in [0.2, 0.25) is 0 Å². The number of aromatic nitrogens is 1. The number of benzene rings is 2. The fourth-order valence-electron chi connectivity index (χ4n) is 2.61. The van der Waals surface area contributed by atoms with Crippen molar-refractivity contribution in [2.45, 2.75) is 13.0 Å². The first-order valence-electron chi connectivity index (χ1n) is 8.06. The van der Waals surface area contributed by atoms with Crippen LogP contribution in [-0.4, -0.2) is 24.2 Å². The summed E-state index contributed by atoms with van der Waals surface area (Å²) in [7, 11) is 1.48. The number of halogens is 1. The van der Waals surface area contributed by atoms with Crippen molar-refractivity contribution < 1.29 is 9.53 Å². The van der Waals surface area contributed by atoms with Gasteiger partial charge in [-0.2, -0.15) is 5.10 Å². The van der Waals surface area contributed by atoms with Gasteiger partial charge in [-0.1, -0.05) is 54.1 Å². The van der Waals surface area contributed by atoms with Gasteiger partial charge >= 0.3 is 0 Å². The van der Waals surface area contributed by atoms with E-state index in [4.69, 9.17) is 16.3 Å². The van der Waals surface area contributed by atoms with E-state index in [9.17, 15) is 4.79 Å². The Morgan fingerprint density at radius 1 is 1.23 bits per heavy atom. The maximum Gasteiger partial charge on any atom is 0.273 e. The fraction of sp³-hybridized carbons (Fsp3) is 0.150. The summed E-state index contributed by atoms with van der Waals surface area (Å²) in [4.78, 5) is 16.7. The van der Waals surface area contributed by atoms with Gasteiger partial charge < -0.3 is 4.74 Å². The van der Waals surface area contributed by atoms with Crippen molar-refractivity contribution in [2.75, 3.05) is 7.11 Å². The van der Waals surface area contributed by atoms with Crippen LogP contribution >= 0.6 is 11.6 Å². The minimum absolute atomic E-state index is 0.326. The highest BCUT2D eigenvalue weighted by Crippen LogP contribution is 2.20. The Hall–Kier alpha value is -2.76. The normalized spacial score (nSPS) is 12.4. The van der Waals surface area contributed by atoms with E-state index in [0.717, 1.165) is 22.0 Å². The monoisotopic (exact) mass is 367 g/mol. The summed E-state index contributed by atoms with van der Waals surface area (Å²) in [5, 5.41) is 5.27. The van der Waals surface area contributed by atoms with Gasteiger partial charge in [-0.25, -0.2) is 10.4 Å². The summed E-state index contributed by atoms with van der Waals surface area (Å²) in [5.41, 5.74) is 5.79. The third-order valence-corrected chi connectivity index (χ3v) is 4.21. The molecule has 6 heteroatoms. The zero-order valence-electron chi connectivity index (χ0n) is 14.4. The molecule has 0 unspecified atom stereocenters. The zero-order chi connectivity index (χ0) is 18.5. The van der Waals surface area contributed by atoms with Crippen molar-refractivity contribution in [2.24, 2.45) is 5.10 Å². The Labute approximate surface area is 156 Å². The smallest absolute Gasteiger partial charge is 0.273 e. The number of rotatable bonds is 5. The molecule has 0 spiro atoms. The zero-order valence-corrected chi connectivity index (χ0v) is 15.2. The number of aryl methyl sites for hydroxylation is 1. The molecule has 1 aromatic heterocycles. The fourth-order valence-corrected chi connectivity index (χ4v) is 2.80. The van der Waals surface area contributed by atoms with Crippen LogP contribution in [0, 0.1) is 6.92 Å². The van der Waals surface area contributed by atoms with Gasteiger partial charge in [0.1, 0.15) is 5.15 Å². The molecule has 26 heavy (non-hydrogen) atoms. The number of fused-ring (bicyclic) bond motifs is 1. The molecule has 0 saturated heterocycles. The Morgan fingerprint density at radius 3 is 2.73 bits per heavy atom. The van der Waals surface area contributed by atoms with E-state index in [1.54, 1.807) is 0 Å². The molecular formula is C20H18ClN3O2. The molecule has 1 heterocycles.